The Morgan fingerprint density at radius 2 is 1.62 bits per heavy atom. The van der Waals surface area contributed by atoms with Crippen molar-refractivity contribution in [2.24, 2.45) is 0 Å². The minimum Gasteiger partial charge on any atom is -0.508 e. The molecule has 3 aromatic carbocycles. The maximum Gasteiger partial charge on any atom is 0.126 e. The van der Waals surface area contributed by atoms with Gasteiger partial charge < -0.3 is 10.4 Å². The van der Waals surface area contributed by atoms with E-state index in [2.05, 4.69) is 32.3 Å². The van der Waals surface area contributed by atoms with Crippen molar-refractivity contribution in [2.45, 2.75) is 6.04 Å². The van der Waals surface area contributed by atoms with E-state index in [1.807, 2.05) is 66.7 Å². The van der Waals surface area contributed by atoms with Gasteiger partial charge >= 0.3 is 0 Å². The number of pyridine rings is 1. The smallest absolute Gasteiger partial charge is 0.126 e. The van der Waals surface area contributed by atoms with E-state index in [4.69, 9.17) is 0 Å². The molecule has 3 nitrogen and oxygen atoms in total. The molecule has 1 atom stereocenters. The summed E-state index contributed by atoms with van der Waals surface area (Å²) in [7, 11) is 0. The lowest BCUT2D eigenvalue weighted by Crippen LogP contribution is -2.14. The molecule has 0 amide bonds. The molecule has 1 heterocycles. The van der Waals surface area contributed by atoms with Crippen LogP contribution < -0.4 is 5.32 Å². The van der Waals surface area contributed by atoms with Crippen molar-refractivity contribution in [3.63, 3.8) is 0 Å². The second kappa shape index (κ2) is 7.18. The lowest BCUT2D eigenvalue weighted by molar-refractivity contribution is 0.468. The largest absolute Gasteiger partial charge is 0.508 e. The summed E-state index contributed by atoms with van der Waals surface area (Å²) in [5.41, 5.74) is 1.89. The molecule has 0 aliphatic rings. The maximum atomic E-state index is 10.7. The number of hydrogen-bond acceptors (Lipinski definition) is 3. The number of benzene rings is 3. The molecule has 26 heavy (non-hydrogen) atoms. The summed E-state index contributed by atoms with van der Waals surface area (Å²) < 4.78 is 1.01. The minimum atomic E-state index is -0.232. The number of aromatic nitrogens is 1. The van der Waals surface area contributed by atoms with Crippen LogP contribution in [0.2, 0.25) is 0 Å². The van der Waals surface area contributed by atoms with Crippen LogP contribution in [-0.4, -0.2) is 10.1 Å². The predicted octanol–water partition coefficient (Wildman–Crippen LogP) is 5.90. The highest BCUT2D eigenvalue weighted by molar-refractivity contribution is 9.10. The fourth-order valence-corrected chi connectivity index (χ4v) is 3.43. The first-order chi connectivity index (χ1) is 12.7. The zero-order chi connectivity index (χ0) is 17.9. The molecule has 0 saturated heterocycles. The van der Waals surface area contributed by atoms with Crippen molar-refractivity contribution in [1.82, 2.24) is 4.98 Å². The minimum absolute atomic E-state index is 0.232. The van der Waals surface area contributed by atoms with Gasteiger partial charge in [-0.15, -0.1) is 0 Å². The molecular formula is C22H17BrN2O. The fourth-order valence-electron chi connectivity index (χ4n) is 3.16. The van der Waals surface area contributed by atoms with E-state index >= 15 is 0 Å². The molecule has 1 aromatic heterocycles. The first-order valence-corrected chi connectivity index (χ1v) is 9.15. The molecule has 0 aliphatic heterocycles. The van der Waals surface area contributed by atoms with Gasteiger partial charge in [-0.2, -0.15) is 0 Å². The van der Waals surface area contributed by atoms with Crippen LogP contribution in [-0.2, 0) is 0 Å². The lowest BCUT2D eigenvalue weighted by Gasteiger charge is -2.23. The van der Waals surface area contributed by atoms with E-state index in [0.717, 1.165) is 32.2 Å². The third-order valence-corrected chi connectivity index (χ3v) is 4.93. The molecule has 4 aromatic rings. The summed E-state index contributed by atoms with van der Waals surface area (Å²) in [5, 5.41) is 16.3. The molecule has 0 bridgehead atoms. The number of anilines is 1. The average molecular weight is 405 g/mol. The van der Waals surface area contributed by atoms with Gasteiger partial charge in [0.15, 0.2) is 0 Å². The second-order valence-electron chi connectivity index (χ2n) is 6.06. The molecule has 0 spiro atoms. The zero-order valence-corrected chi connectivity index (χ0v) is 15.5. The normalized spacial score (nSPS) is 12.0. The summed E-state index contributed by atoms with van der Waals surface area (Å²) in [6.07, 6.45) is 1.75. The number of phenols is 1. The summed E-state index contributed by atoms with van der Waals surface area (Å²) in [4.78, 5) is 4.39. The number of rotatable bonds is 4. The number of fused-ring (bicyclic) bond motifs is 1. The molecule has 0 fully saturated rings. The van der Waals surface area contributed by atoms with Crippen LogP contribution in [0.15, 0.2) is 89.5 Å². The van der Waals surface area contributed by atoms with Gasteiger partial charge in [0.05, 0.1) is 6.04 Å². The fraction of sp³-hybridized carbons (Fsp3) is 0.0455. The summed E-state index contributed by atoms with van der Waals surface area (Å²) in [6, 6.07) is 25.4. The quantitative estimate of drug-likeness (QED) is 0.444. The second-order valence-corrected chi connectivity index (χ2v) is 6.98. The van der Waals surface area contributed by atoms with Gasteiger partial charge in [0, 0.05) is 16.2 Å². The van der Waals surface area contributed by atoms with Gasteiger partial charge in [0.25, 0.3) is 0 Å². The molecule has 1 unspecified atom stereocenters. The van der Waals surface area contributed by atoms with Crippen LogP contribution in [0.25, 0.3) is 10.8 Å². The van der Waals surface area contributed by atoms with Crippen LogP contribution in [0.1, 0.15) is 17.2 Å². The van der Waals surface area contributed by atoms with Gasteiger partial charge in [-0.3, -0.25) is 0 Å². The van der Waals surface area contributed by atoms with E-state index in [1.54, 1.807) is 12.3 Å². The van der Waals surface area contributed by atoms with Crippen molar-refractivity contribution in [1.29, 1.82) is 0 Å². The van der Waals surface area contributed by atoms with Gasteiger partial charge in [-0.05, 0) is 46.7 Å². The number of nitrogens with one attached hydrogen (secondary N) is 1. The summed E-state index contributed by atoms with van der Waals surface area (Å²) in [6.45, 7) is 0. The summed E-state index contributed by atoms with van der Waals surface area (Å²) in [5.74, 6) is 1.02. The van der Waals surface area contributed by atoms with Gasteiger partial charge in [0.1, 0.15) is 11.6 Å². The highest BCUT2D eigenvalue weighted by Gasteiger charge is 2.21. The number of halogens is 1. The molecule has 0 radical (unpaired) electrons. The zero-order valence-electron chi connectivity index (χ0n) is 13.9. The molecule has 4 rings (SSSR count). The van der Waals surface area contributed by atoms with Crippen molar-refractivity contribution in [3.8, 4) is 5.75 Å². The highest BCUT2D eigenvalue weighted by Crippen LogP contribution is 2.37. The van der Waals surface area contributed by atoms with E-state index in [-0.39, 0.29) is 11.8 Å². The monoisotopic (exact) mass is 404 g/mol. The third-order valence-electron chi connectivity index (χ3n) is 4.40. The number of aromatic hydroxyl groups is 1. The molecule has 4 heteroatoms. The van der Waals surface area contributed by atoms with Crippen LogP contribution >= 0.6 is 15.9 Å². The summed E-state index contributed by atoms with van der Waals surface area (Å²) >= 11 is 3.49. The van der Waals surface area contributed by atoms with Crippen molar-refractivity contribution < 1.29 is 5.11 Å². The molecule has 128 valence electrons. The van der Waals surface area contributed by atoms with Crippen molar-refractivity contribution in [2.75, 3.05) is 5.32 Å². The Bertz CT molecular complexity index is 1030. The van der Waals surface area contributed by atoms with E-state index < -0.39 is 0 Å². The number of phenolic OH excluding ortho intramolecular Hbond substituents is 1. The maximum absolute atomic E-state index is 10.7. The average Bonchev–Trinajstić information content (AvgIpc) is 2.68. The van der Waals surface area contributed by atoms with Gasteiger partial charge in [0.2, 0.25) is 0 Å². The van der Waals surface area contributed by atoms with E-state index in [9.17, 15) is 5.11 Å². The van der Waals surface area contributed by atoms with Crippen molar-refractivity contribution in [3.05, 3.63) is 101 Å². The topological polar surface area (TPSA) is 45.1 Å². The van der Waals surface area contributed by atoms with Gasteiger partial charge in [-0.25, -0.2) is 4.98 Å². The first-order valence-electron chi connectivity index (χ1n) is 8.36. The van der Waals surface area contributed by atoms with E-state index in [0.29, 0.717) is 0 Å². The van der Waals surface area contributed by atoms with Crippen LogP contribution in [0, 0.1) is 0 Å². The molecular weight excluding hydrogens is 388 g/mol. The Morgan fingerprint density at radius 1 is 0.846 bits per heavy atom. The lowest BCUT2D eigenvalue weighted by atomic mass is 9.92. The molecule has 2 N–H and O–H groups in total. The Morgan fingerprint density at radius 3 is 2.38 bits per heavy atom. The molecule has 0 aliphatic carbocycles. The molecule has 0 saturated carbocycles. The Kier molecular flexibility index (Phi) is 4.59. The Labute approximate surface area is 160 Å². The number of nitrogens with zero attached hydrogens (tertiary/aromatic N) is 1. The van der Waals surface area contributed by atoms with Crippen LogP contribution in [0.4, 0.5) is 5.82 Å². The highest BCUT2D eigenvalue weighted by atomic mass is 79.9. The predicted molar refractivity (Wildman–Crippen MR) is 109 cm³/mol. The standard InChI is InChI=1S/C22H17BrN2O/c23-17-11-8-16(9-12-17)22(25-20-7-3-4-14-24-20)21-18-6-2-1-5-15(18)10-13-19(21)26/h1-14,22,26H,(H,24,25). The number of hydrogen-bond donors (Lipinski definition) is 2. The van der Waals surface area contributed by atoms with Crippen LogP contribution in [0.3, 0.4) is 0 Å². The van der Waals surface area contributed by atoms with E-state index in [1.165, 1.54) is 0 Å². The first kappa shape index (κ1) is 16.6. The SMILES string of the molecule is Oc1ccc2ccccc2c1C(Nc1ccccn1)c1ccc(Br)cc1. The Hall–Kier alpha value is -2.85. The Balaban J connectivity index is 1.91. The third kappa shape index (κ3) is 3.28. The van der Waals surface area contributed by atoms with Crippen molar-refractivity contribution >= 4 is 32.5 Å². The van der Waals surface area contributed by atoms with Crippen LogP contribution in [0.5, 0.6) is 5.75 Å². The van der Waals surface area contributed by atoms with Gasteiger partial charge in [-0.1, -0.05) is 64.5 Å².